The van der Waals surface area contributed by atoms with Gasteiger partial charge in [0.2, 0.25) is 0 Å². The lowest BCUT2D eigenvalue weighted by molar-refractivity contribution is 0.112. The predicted octanol–water partition coefficient (Wildman–Crippen LogP) is 3.58. The number of aldehydes is 1. The molecule has 6 heteroatoms. The van der Waals surface area contributed by atoms with Gasteiger partial charge in [0.05, 0.1) is 11.4 Å². The van der Waals surface area contributed by atoms with Gasteiger partial charge in [-0.3, -0.25) is 4.79 Å². The number of likely N-dealkylation sites (tertiary alicyclic amines) is 1. The topological polar surface area (TPSA) is 90.2 Å². The molecule has 0 radical (unpaired) electrons. The summed E-state index contributed by atoms with van der Waals surface area (Å²) in [5.41, 5.74) is 15.0. The molecule has 0 atom stereocenters. The van der Waals surface area contributed by atoms with Gasteiger partial charge >= 0.3 is 0 Å². The number of hydrogen-bond acceptors (Lipinski definition) is 5. The number of benzene rings is 1. The Morgan fingerprint density at radius 3 is 2.24 bits per heavy atom. The highest BCUT2D eigenvalue weighted by Crippen LogP contribution is 2.38. The second kappa shape index (κ2) is 10.4. The number of rotatable bonds is 5. The van der Waals surface area contributed by atoms with Crippen LogP contribution in [0, 0.1) is 0 Å². The zero-order valence-electron chi connectivity index (χ0n) is 17.4. The summed E-state index contributed by atoms with van der Waals surface area (Å²) in [5, 5.41) is 0. The van der Waals surface area contributed by atoms with Crippen molar-refractivity contribution in [1.29, 1.82) is 0 Å². The van der Waals surface area contributed by atoms with Crippen molar-refractivity contribution in [2.45, 2.75) is 51.0 Å². The van der Waals surface area contributed by atoms with E-state index in [9.17, 15) is 4.79 Å². The Morgan fingerprint density at radius 2 is 1.79 bits per heavy atom. The van der Waals surface area contributed by atoms with Crippen molar-refractivity contribution in [1.82, 2.24) is 14.5 Å². The summed E-state index contributed by atoms with van der Waals surface area (Å²) in [5.74, 6) is 1.51. The van der Waals surface area contributed by atoms with Crippen LogP contribution in [0.4, 0.5) is 0 Å². The Balaban J connectivity index is 0.000000290. The van der Waals surface area contributed by atoms with Gasteiger partial charge in [-0.2, -0.15) is 0 Å². The van der Waals surface area contributed by atoms with Gasteiger partial charge in [0.25, 0.3) is 0 Å². The summed E-state index contributed by atoms with van der Waals surface area (Å²) >= 11 is 0. The normalized spacial score (nSPS) is 17.6. The van der Waals surface area contributed by atoms with Crippen molar-refractivity contribution in [3.63, 3.8) is 0 Å². The number of aromatic nitrogens is 2. The molecule has 2 fully saturated rings. The van der Waals surface area contributed by atoms with Gasteiger partial charge in [-0.05, 0) is 45.8 Å². The number of nitrogens with zero attached hydrogens (tertiary/aromatic N) is 3. The molecule has 0 unspecified atom stereocenters. The van der Waals surface area contributed by atoms with E-state index in [0.717, 1.165) is 41.9 Å². The molecule has 1 saturated heterocycles. The second-order valence-electron chi connectivity index (χ2n) is 7.91. The molecule has 4 N–H and O–H groups in total. The Morgan fingerprint density at radius 1 is 1.10 bits per heavy atom. The number of carbonyl (C=O) groups is 1. The molecule has 0 spiro atoms. The Kier molecular flexibility index (Phi) is 7.61. The highest BCUT2D eigenvalue weighted by atomic mass is 16.1. The molecule has 29 heavy (non-hydrogen) atoms. The molecule has 2 aliphatic rings. The van der Waals surface area contributed by atoms with Crippen molar-refractivity contribution in [2.75, 3.05) is 20.1 Å². The molecule has 2 aromatic rings. The molecule has 156 valence electrons. The number of carbonyl (C=O) groups excluding carboxylic acids is 1. The minimum atomic E-state index is 0.384. The predicted molar refractivity (Wildman–Crippen MR) is 118 cm³/mol. The molecule has 1 aliphatic heterocycles. The van der Waals surface area contributed by atoms with E-state index in [1.165, 1.54) is 45.0 Å². The molecular formula is C23H33N5O. The summed E-state index contributed by atoms with van der Waals surface area (Å²) in [6, 6.07) is 7.41. The van der Waals surface area contributed by atoms with Crippen LogP contribution in [0.2, 0.25) is 0 Å². The monoisotopic (exact) mass is 395 g/mol. The van der Waals surface area contributed by atoms with Gasteiger partial charge in [-0.1, -0.05) is 37.1 Å². The number of imidazole rings is 1. The summed E-state index contributed by atoms with van der Waals surface area (Å²) < 4.78 is 2.02. The quantitative estimate of drug-likeness (QED) is 0.755. The van der Waals surface area contributed by atoms with E-state index in [2.05, 4.69) is 11.9 Å². The third-order valence-electron chi connectivity index (χ3n) is 5.84. The van der Waals surface area contributed by atoms with Gasteiger partial charge in [0, 0.05) is 36.0 Å². The minimum absolute atomic E-state index is 0.384. The van der Waals surface area contributed by atoms with Crippen LogP contribution in [-0.2, 0) is 6.54 Å². The van der Waals surface area contributed by atoms with Gasteiger partial charge in [0.15, 0.2) is 0 Å². The fraction of sp³-hybridized carbons (Fsp3) is 0.478. The molecule has 4 rings (SSSR count). The van der Waals surface area contributed by atoms with Crippen LogP contribution in [0.15, 0.2) is 30.5 Å². The lowest BCUT2D eigenvalue weighted by Crippen LogP contribution is -2.24. The van der Waals surface area contributed by atoms with E-state index in [0.29, 0.717) is 18.0 Å². The van der Waals surface area contributed by atoms with E-state index in [1.54, 1.807) is 12.1 Å². The second-order valence-corrected chi connectivity index (χ2v) is 7.91. The minimum Gasteiger partial charge on any atom is -0.403 e. The number of hydrogen-bond donors (Lipinski definition) is 2. The maximum atomic E-state index is 10.8. The largest absolute Gasteiger partial charge is 0.403 e. The molecule has 1 aliphatic carbocycles. The lowest BCUT2D eigenvalue weighted by atomic mass is 9.85. The lowest BCUT2D eigenvalue weighted by Gasteiger charge is -2.24. The number of nitrogens with two attached hydrogens (primary N) is 2. The molecule has 0 amide bonds. The molecule has 1 aromatic heterocycles. The maximum Gasteiger partial charge on any atom is 0.150 e. The Bertz CT molecular complexity index is 815. The van der Waals surface area contributed by atoms with Crippen molar-refractivity contribution < 1.29 is 4.79 Å². The first kappa shape index (κ1) is 21.3. The zero-order valence-corrected chi connectivity index (χ0v) is 17.4. The van der Waals surface area contributed by atoms with E-state index < -0.39 is 0 Å². The van der Waals surface area contributed by atoms with Crippen LogP contribution in [-0.4, -0.2) is 40.9 Å². The van der Waals surface area contributed by atoms with E-state index in [1.807, 2.05) is 22.9 Å². The fourth-order valence-corrected chi connectivity index (χ4v) is 3.89. The van der Waals surface area contributed by atoms with Gasteiger partial charge in [-0.15, -0.1) is 0 Å². The average molecular weight is 396 g/mol. The van der Waals surface area contributed by atoms with Crippen molar-refractivity contribution >= 4 is 12.5 Å². The SMILES string of the molecule is CN1CCCCC1.N/C=C\n1c(C2CCC2)nc(-c2ccc(C=O)cc2)c1CN. The highest BCUT2D eigenvalue weighted by molar-refractivity contribution is 5.76. The van der Waals surface area contributed by atoms with Gasteiger partial charge in [0.1, 0.15) is 12.1 Å². The third kappa shape index (κ3) is 5.14. The molecule has 2 heterocycles. The summed E-state index contributed by atoms with van der Waals surface area (Å²) in [4.78, 5) is 18.0. The average Bonchev–Trinajstić information content (AvgIpc) is 3.06. The first-order chi connectivity index (χ1) is 14.2. The Labute approximate surface area is 173 Å². The van der Waals surface area contributed by atoms with Crippen LogP contribution in [0.5, 0.6) is 0 Å². The smallest absolute Gasteiger partial charge is 0.150 e. The van der Waals surface area contributed by atoms with Crippen LogP contribution < -0.4 is 11.5 Å². The molecule has 0 bridgehead atoms. The first-order valence-electron chi connectivity index (χ1n) is 10.6. The van der Waals surface area contributed by atoms with Crippen molar-refractivity contribution in [2.24, 2.45) is 11.5 Å². The number of piperidine rings is 1. The van der Waals surface area contributed by atoms with Gasteiger partial charge < -0.3 is 20.9 Å². The Hall–Kier alpha value is -2.44. The molecule has 1 aromatic carbocycles. The van der Waals surface area contributed by atoms with Crippen LogP contribution >= 0.6 is 0 Å². The van der Waals surface area contributed by atoms with Crippen molar-refractivity contribution in [3.8, 4) is 11.3 Å². The first-order valence-corrected chi connectivity index (χ1v) is 10.6. The maximum absolute atomic E-state index is 10.8. The molecular weight excluding hydrogens is 362 g/mol. The fourth-order valence-electron chi connectivity index (χ4n) is 3.89. The van der Waals surface area contributed by atoms with Crippen LogP contribution in [0.1, 0.15) is 66.3 Å². The van der Waals surface area contributed by atoms with Gasteiger partial charge in [-0.25, -0.2) is 4.98 Å². The summed E-state index contributed by atoms with van der Waals surface area (Å²) in [6.07, 6.45) is 12.0. The molecule has 6 nitrogen and oxygen atoms in total. The van der Waals surface area contributed by atoms with Crippen LogP contribution in [0.25, 0.3) is 17.5 Å². The van der Waals surface area contributed by atoms with E-state index >= 15 is 0 Å². The molecule has 1 saturated carbocycles. The highest BCUT2D eigenvalue weighted by Gasteiger charge is 2.27. The van der Waals surface area contributed by atoms with Crippen LogP contribution in [0.3, 0.4) is 0 Å². The third-order valence-corrected chi connectivity index (χ3v) is 5.84. The zero-order chi connectivity index (χ0) is 20.6. The van der Waals surface area contributed by atoms with E-state index in [4.69, 9.17) is 16.5 Å². The standard InChI is InChI=1S/C17H20N4O.C6H13N/c18-8-9-21-15(10-19)16(20-17(21)14-2-1-3-14)13-6-4-12(11-22)5-7-13;1-7-5-3-2-4-6-7/h4-9,11,14H,1-3,10,18-19H2;2-6H2,1H3/b9-8-;. The van der Waals surface area contributed by atoms with E-state index in [-0.39, 0.29) is 0 Å². The summed E-state index contributed by atoms with van der Waals surface area (Å²) in [7, 11) is 2.19. The summed E-state index contributed by atoms with van der Waals surface area (Å²) in [6.45, 7) is 3.02. The van der Waals surface area contributed by atoms with Crippen molar-refractivity contribution in [3.05, 3.63) is 47.5 Å².